The Kier molecular flexibility index (Phi) is 4.51. The number of hydrogen-bond acceptors (Lipinski definition) is 3. The zero-order chi connectivity index (χ0) is 12.8. The van der Waals surface area contributed by atoms with E-state index < -0.39 is 18.4 Å². The summed E-state index contributed by atoms with van der Waals surface area (Å²) in [6.45, 7) is 3.28. The number of benzene rings is 1. The largest absolute Gasteiger partial charge is 0.484 e. The number of hydrogen-bond donors (Lipinski definition) is 2. The predicted molar refractivity (Wildman–Crippen MR) is 62.1 cm³/mol. The minimum Gasteiger partial charge on any atom is -0.484 e. The van der Waals surface area contributed by atoms with Gasteiger partial charge >= 0.3 is 5.97 Å². The molecule has 0 aliphatic carbocycles. The summed E-state index contributed by atoms with van der Waals surface area (Å²) in [5.41, 5.74) is 2.06. The average molecular weight is 237 g/mol. The molecule has 0 fully saturated rings. The van der Waals surface area contributed by atoms with Gasteiger partial charge in [-0.2, -0.15) is 0 Å². The topological polar surface area (TPSA) is 75.6 Å². The third-order valence-corrected chi connectivity index (χ3v) is 2.13. The minimum absolute atomic E-state index is 0.183. The van der Waals surface area contributed by atoms with Crippen LogP contribution in [0.2, 0.25) is 0 Å². The molecule has 0 saturated carbocycles. The summed E-state index contributed by atoms with van der Waals surface area (Å²) in [5, 5.41) is 10.6. The Morgan fingerprint density at radius 2 is 2.06 bits per heavy atom. The van der Waals surface area contributed by atoms with Gasteiger partial charge in [0.05, 0.1) is 0 Å². The highest BCUT2D eigenvalue weighted by molar-refractivity contribution is 5.82. The fourth-order valence-electron chi connectivity index (χ4n) is 1.33. The van der Waals surface area contributed by atoms with Crippen LogP contribution in [0.15, 0.2) is 18.2 Å². The van der Waals surface area contributed by atoms with Gasteiger partial charge < -0.3 is 15.2 Å². The van der Waals surface area contributed by atoms with Crippen molar-refractivity contribution in [3.8, 4) is 5.75 Å². The zero-order valence-corrected chi connectivity index (χ0v) is 9.82. The van der Waals surface area contributed by atoms with Gasteiger partial charge in [0.1, 0.15) is 12.3 Å². The van der Waals surface area contributed by atoms with Gasteiger partial charge in [0.25, 0.3) is 5.91 Å². The van der Waals surface area contributed by atoms with Crippen LogP contribution in [0, 0.1) is 13.8 Å². The first-order valence-corrected chi connectivity index (χ1v) is 5.17. The molecular weight excluding hydrogens is 222 g/mol. The summed E-state index contributed by atoms with van der Waals surface area (Å²) in [6.07, 6.45) is 0. The number of amides is 1. The molecule has 92 valence electrons. The molecule has 0 bridgehead atoms. The highest BCUT2D eigenvalue weighted by Crippen LogP contribution is 2.18. The van der Waals surface area contributed by atoms with Gasteiger partial charge in [-0.25, -0.2) is 0 Å². The van der Waals surface area contributed by atoms with E-state index in [1.807, 2.05) is 26.0 Å². The van der Waals surface area contributed by atoms with E-state index in [0.29, 0.717) is 5.75 Å². The van der Waals surface area contributed by atoms with Crippen molar-refractivity contribution >= 4 is 11.9 Å². The molecule has 2 N–H and O–H groups in total. The summed E-state index contributed by atoms with van der Waals surface area (Å²) in [6, 6.07) is 5.62. The van der Waals surface area contributed by atoms with Crippen molar-refractivity contribution in [2.45, 2.75) is 13.8 Å². The summed E-state index contributed by atoms with van der Waals surface area (Å²) in [5.74, 6) is -0.904. The molecule has 1 aromatic carbocycles. The molecule has 0 atom stereocenters. The number of carbonyl (C=O) groups excluding carboxylic acids is 1. The van der Waals surface area contributed by atoms with Gasteiger partial charge in [0.2, 0.25) is 0 Å². The number of carboxylic acid groups (broad SMARTS) is 1. The van der Waals surface area contributed by atoms with E-state index >= 15 is 0 Å². The average Bonchev–Trinajstić information content (AvgIpc) is 2.25. The van der Waals surface area contributed by atoms with E-state index in [0.717, 1.165) is 11.1 Å². The Morgan fingerprint density at radius 1 is 1.35 bits per heavy atom. The highest BCUT2D eigenvalue weighted by Gasteiger charge is 2.06. The molecule has 0 heterocycles. The van der Waals surface area contributed by atoms with Crippen LogP contribution in [0.4, 0.5) is 0 Å². The van der Waals surface area contributed by atoms with Crippen LogP contribution in [0.1, 0.15) is 11.1 Å². The standard InChI is InChI=1S/C12H15NO4/c1-8-3-4-10(9(2)5-8)17-7-11(14)13-6-12(15)16/h3-5H,6-7H2,1-2H3,(H,13,14)(H,15,16). The number of aliphatic carboxylic acids is 1. The van der Waals surface area contributed by atoms with Crippen molar-refractivity contribution in [1.29, 1.82) is 0 Å². The Morgan fingerprint density at radius 3 is 2.65 bits per heavy atom. The number of carboxylic acids is 1. The predicted octanol–water partition coefficient (Wildman–Crippen LogP) is 0.883. The van der Waals surface area contributed by atoms with Gasteiger partial charge in [0, 0.05) is 0 Å². The maximum absolute atomic E-state index is 11.2. The molecule has 1 rings (SSSR count). The number of carbonyl (C=O) groups is 2. The van der Waals surface area contributed by atoms with Gasteiger partial charge in [-0.3, -0.25) is 9.59 Å². The first-order chi connectivity index (χ1) is 7.99. The van der Waals surface area contributed by atoms with Crippen LogP contribution in [-0.4, -0.2) is 30.1 Å². The fourth-order valence-corrected chi connectivity index (χ4v) is 1.33. The van der Waals surface area contributed by atoms with Crippen LogP contribution in [-0.2, 0) is 9.59 Å². The van der Waals surface area contributed by atoms with Gasteiger partial charge in [-0.1, -0.05) is 17.7 Å². The quantitative estimate of drug-likeness (QED) is 0.797. The molecule has 0 aliphatic heterocycles. The second-order valence-electron chi connectivity index (χ2n) is 3.73. The molecule has 0 saturated heterocycles. The summed E-state index contributed by atoms with van der Waals surface area (Å²) >= 11 is 0. The first kappa shape index (κ1) is 13.0. The van der Waals surface area contributed by atoms with E-state index in [1.54, 1.807) is 6.07 Å². The molecule has 17 heavy (non-hydrogen) atoms. The normalized spacial score (nSPS) is 9.76. The number of aryl methyl sites for hydroxylation is 2. The van der Waals surface area contributed by atoms with Crippen molar-refractivity contribution in [2.75, 3.05) is 13.2 Å². The van der Waals surface area contributed by atoms with Crippen LogP contribution < -0.4 is 10.1 Å². The van der Waals surface area contributed by atoms with Crippen molar-refractivity contribution in [1.82, 2.24) is 5.32 Å². The molecule has 1 amide bonds. The van der Waals surface area contributed by atoms with E-state index in [2.05, 4.69) is 5.32 Å². The highest BCUT2D eigenvalue weighted by atomic mass is 16.5. The van der Waals surface area contributed by atoms with E-state index in [-0.39, 0.29) is 6.61 Å². The van der Waals surface area contributed by atoms with Gasteiger partial charge in [-0.05, 0) is 25.5 Å². The maximum atomic E-state index is 11.2. The van der Waals surface area contributed by atoms with Crippen molar-refractivity contribution < 1.29 is 19.4 Å². The van der Waals surface area contributed by atoms with Crippen molar-refractivity contribution in [2.24, 2.45) is 0 Å². The molecule has 5 nitrogen and oxygen atoms in total. The lowest BCUT2D eigenvalue weighted by atomic mass is 10.1. The number of ether oxygens (including phenoxy) is 1. The maximum Gasteiger partial charge on any atom is 0.322 e. The molecule has 0 spiro atoms. The van der Waals surface area contributed by atoms with Crippen LogP contribution in [0.5, 0.6) is 5.75 Å². The van der Waals surface area contributed by atoms with Crippen LogP contribution in [0.3, 0.4) is 0 Å². The SMILES string of the molecule is Cc1ccc(OCC(=O)NCC(=O)O)c(C)c1. The molecule has 0 unspecified atom stereocenters. The van der Waals surface area contributed by atoms with Crippen LogP contribution in [0.25, 0.3) is 0 Å². The third-order valence-electron chi connectivity index (χ3n) is 2.13. The Labute approximate surface area is 99.4 Å². The minimum atomic E-state index is -1.08. The molecule has 0 radical (unpaired) electrons. The molecule has 5 heteroatoms. The van der Waals surface area contributed by atoms with E-state index in [1.165, 1.54) is 0 Å². The van der Waals surface area contributed by atoms with Gasteiger partial charge in [-0.15, -0.1) is 0 Å². The monoisotopic (exact) mass is 237 g/mol. The lowest BCUT2D eigenvalue weighted by Gasteiger charge is -2.09. The van der Waals surface area contributed by atoms with Crippen molar-refractivity contribution in [3.05, 3.63) is 29.3 Å². The fraction of sp³-hybridized carbons (Fsp3) is 0.333. The van der Waals surface area contributed by atoms with Crippen molar-refractivity contribution in [3.63, 3.8) is 0 Å². The van der Waals surface area contributed by atoms with E-state index in [4.69, 9.17) is 9.84 Å². The molecule has 1 aromatic rings. The second-order valence-corrected chi connectivity index (χ2v) is 3.73. The Bertz CT molecular complexity index is 429. The number of rotatable bonds is 5. The van der Waals surface area contributed by atoms with Crippen LogP contribution >= 0.6 is 0 Å². The third kappa shape index (κ3) is 4.55. The second kappa shape index (κ2) is 5.89. The lowest BCUT2D eigenvalue weighted by molar-refractivity contribution is -0.138. The number of nitrogens with one attached hydrogen (secondary N) is 1. The summed E-state index contributed by atoms with van der Waals surface area (Å²) in [7, 11) is 0. The zero-order valence-electron chi connectivity index (χ0n) is 9.82. The lowest BCUT2D eigenvalue weighted by Crippen LogP contribution is -2.33. The molecule has 0 aliphatic rings. The van der Waals surface area contributed by atoms with E-state index in [9.17, 15) is 9.59 Å². The Hall–Kier alpha value is -2.04. The first-order valence-electron chi connectivity index (χ1n) is 5.17. The summed E-state index contributed by atoms with van der Waals surface area (Å²) in [4.78, 5) is 21.4. The smallest absolute Gasteiger partial charge is 0.322 e. The molecular formula is C12H15NO4. The Balaban J connectivity index is 2.44. The van der Waals surface area contributed by atoms with Gasteiger partial charge in [0.15, 0.2) is 6.61 Å². The molecule has 0 aromatic heterocycles. The summed E-state index contributed by atoms with van der Waals surface area (Å²) < 4.78 is 5.28.